The number of rotatable bonds is 9. The second-order valence-electron chi connectivity index (χ2n) is 6.44. The van der Waals surface area contributed by atoms with Crippen LogP contribution in [-0.4, -0.2) is 47.6 Å². The number of nitrogens with zero attached hydrogens (tertiary/aromatic N) is 1. The number of carbonyl (C=O) groups is 2. The fraction of sp³-hybridized carbons (Fsp3) is 0.368. The largest absolute Gasteiger partial charge is 0.395 e. The molecule has 6 nitrogen and oxygen atoms in total. The number of hydrogen-bond acceptors (Lipinski definition) is 5. The maximum Gasteiger partial charge on any atom is 0.251 e. The predicted molar refractivity (Wildman–Crippen MR) is 102 cm³/mol. The maximum absolute atomic E-state index is 12.4. The van der Waals surface area contributed by atoms with Crippen molar-refractivity contribution in [3.63, 3.8) is 0 Å². The molecule has 0 aliphatic heterocycles. The van der Waals surface area contributed by atoms with Crippen LogP contribution in [0.25, 0.3) is 0 Å². The van der Waals surface area contributed by atoms with Gasteiger partial charge >= 0.3 is 0 Å². The van der Waals surface area contributed by atoms with E-state index in [4.69, 9.17) is 0 Å². The minimum absolute atomic E-state index is 0.00571. The van der Waals surface area contributed by atoms with E-state index in [-0.39, 0.29) is 25.0 Å². The number of anilines is 1. The van der Waals surface area contributed by atoms with E-state index in [0.29, 0.717) is 30.4 Å². The number of amides is 2. The molecule has 1 fully saturated rings. The standard InChI is InChI=1S/C19H23N3O3S/c23-8-7-22(11-14-6-9-26-13-14)12-18(24)20-17-3-1-2-15(10-17)19(25)21-16-4-5-16/h1-3,6,9-10,13,16,23H,4-5,7-8,11-12H2,(H,20,24)(H,21,25). The summed E-state index contributed by atoms with van der Waals surface area (Å²) in [4.78, 5) is 26.4. The van der Waals surface area contributed by atoms with E-state index in [0.717, 1.165) is 18.4 Å². The Morgan fingerprint density at radius 2 is 2.12 bits per heavy atom. The Kier molecular flexibility index (Phi) is 6.38. The number of hydrogen-bond donors (Lipinski definition) is 3. The SMILES string of the molecule is O=C(CN(CCO)Cc1ccsc1)Nc1cccc(C(=O)NC2CC2)c1. The lowest BCUT2D eigenvalue weighted by atomic mass is 10.2. The van der Waals surface area contributed by atoms with Crippen molar-refractivity contribution in [1.29, 1.82) is 0 Å². The molecule has 0 unspecified atom stereocenters. The summed E-state index contributed by atoms with van der Waals surface area (Å²) in [6.07, 6.45) is 2.07. The lowest BCUT2D eigenvalue weighted by Gasteiger charge is -2.20. The lowest BCUT2D eigenvalue weighted by molar-refractivity contribution is -0.117. The zero-order chi connectivity index (χ0) is 18.4. The second-order valence-corrected chi connectivity index (χ2v) is 7.22. The van der Waals surface area contributed by atoms with Crippen LogP contribution in [0.5, 0.6) is 0 Å². The summed E-state index contributed by atoms with van der Waals surface area (Å²) in [5.41, 5.74) is 2.26. The van der Waals surface area contributed by atoms with Crippen LogP contribution in [0.4, 0.5) is 5.69 Å². The summed E-state index contributed by atoms with van der Waals surface area (Å²) in [6.45, 7) is 1.21. The Bertz CT molecular complexity index is 744. The van der Waals surface area contributed by atoms with E-state index >= 15 is 0 Å². The molecule has 1 aromatic carbocycles. The Morgan fingerprint density at radius 3 is 2.81 bits per heavy atom. The van der Waals surface area contributed by atoms with Crippen LogP contribution in [0, 0.1) is 0 Å². The van der Waals surface area contributed by atoms with Crippen molar-refractivity contribution in [3.8, 4) is 0 Å². The molecule has 0 spiro atoms. The molecule has 0 saturated heterocycles. The Balaban J connectivity index is 1.56. The Labute approximate surface area is 156 Å². The van der Waals surface area contributed by atoms with Gasteiger partial charge in [0.2, 0.25) is 5.91 Å². The molecule has 2 amide bonds. The number of benzene rings is 1. The lowest BCUT2D eigenvalue weighted by Crippen LogP contribution is -2.34. The van der Waals surface area contributed by atoms with Gasteiger partial charge in [-0.2, -0.15) is 11.3 Å². The molecule has 3 rings (SSSR count). The van der Waals surface area contributed by atoms with Crippen molar-refractivity contribution in [1.82, 2.24) is 10.2 Å². The summed E-state index contributed by atoms with van der Waals surface area (Å²) in [7, 11) is 0. The third-order valence-electron chi connectivity index (χ3n) is 4.09. The smallest absolute Gasteiger partial charge is 0.251 e. The third kappa shape index (κ3) is 5.66. The van der Waals surface area contributed by atoms with Crippen molar-refractivity contribution in [2.45, 2.75) is 25.4 Å². The van der Waals surface area contributed by atoms with Crippen molar-refractivity contribution < 1.29 is 14.7 Å². The number of thiophene rings is 1. The molecular weight excluding hydrogens is 350 g/mol. The third-order valence-corrected chi connectivity index (χ3v) is 4.82. The zero-order valence-electron chi connectivity index (χ0n) is 14.5. The first-order chi connectivity index (χ1) is 12.6. The molecular formula is C19H23N3O3S. The van der Waals surface area contributed by atoms with Crippen molar-refractivity contribution in [2.24, 2.45) is 0 Å². The normalized spacial score (nSPS) is 13.6. The molecule has 3 N–H and O–H groups in total. The molecule has 7 heteroatoms. The number of aliphatic hydroxyl groups is 1. The summed E-state index contributed by atoms with van der Waals surface area (Å²) in [6, 6.07) is 9.25. The van der Waals surface area contributed by atoms with Crippen LogP contribution >= 0.6 is 11.3 Å². The molecule has 0 bridgehead atoms. The van der Waals surface area contributed by atoms with Gasteiger partial charge in [-0.25, -0.2) is 0 Å². The molecule has 0 radical (unpaired) electrons. The van der Waals surface area contributed by atoms with Crippen LogP contribution in [0.3, 0.4) is 0 Å². The average molecular weight is 373 g/mol. The number of aliphatic hydroxyl groups excluding tert-OH is 1. The van der Waals surface area contributed by atoms with Crippen LogP contribution in [0.1, 0.15) is 28.8 Å². The molecule has 1 aliphatic rings. The molecule has 1 saturated carbocycles. The van der Waals surface area contributed by atoms with Gasteiger partial charge in [-0.15, -0.1) is 0 Å². The molecule has 26 heavy (non-hydrogen) atoms. The number of carbonyl (C=O) groups excluding carboxylic acids is 2. The van der Waals surface area contributed by atoms with Crippen LogP contribution in [-0.2, 0) is 11.3 Å². The van der Waals surface area contributed by atoms with Gasteiger partial charge in [0.25, 0.3) is 5.91 Å². The first-order valence-corrected chi connectivity index (χ1v) is 9.63. The average Bonchev–Trinajstić information content (AvgIpc) is 3.28. The maximum atomic E-state index is 12.4. The topological polar surface area (TPSA) is 81.7 Å². The van der Waals surface area contributed by atoms with Crippen LogP contribution in [0.15, 0.2) is 41.1 Å². The molecule has 1 heterocycles. The van der Waals surface area contributed by atoms with Gasteiger partial charge in [0.15, 0.2) is 0 Å². The fourth-order valence-electron chi connectivity index (χ4n) is 2.63. The highest BCUT2D eigenvalue weighted by Crippen LogP contribution is 2.20. The molecule has 0 atom stereocenters. The van der Waals surface area contributed by atoms with Crippen molar-refractivity contribution in [3.05, 3.63) is 52.2 Å². The summed E-state index contributed by atoms with van der Waals surface area (Å²) in [5, 5.41) is 19.0. The number of nitrogens with one attached hydrogen (secondary N) is 2. The van der Waals surface area contributed by atoms with Gasteiger partial charge in [0.05, 0.1) is 13.2 Å². The summed E-state index contributed by atoms with van der Waals surface area (Å²) >= 11 is 1.61. The molecule has 138 valence electrons. The molecule has 2 aromatic rings. The summed E-state index contributed by atoms with van der Waals surface area (Å²) in [5.74, 6) is -0.281. The predicted octanol–water partition coefficient (Wildman–Crippen LogP) is 2.07. The van der Waals surface area contributed by atoms with E-state index in [9.17, 15) is 14.7 Å². The van der Waals surface area contributed by atoms with Gasteiger partial charge in [-0.3, -0.25) is 14.5 Å². The van der Waals surface area contributed by atoms with E-state index in [1.54, 1.807) is 35.6 Å². The quantitative estimate of drug-likeness (QED) is 0.629. The second kappa shape index (κ2) is 8.93. The van der Waals surface area contributed by atoms with E-state index < -0.39 is 0 Å². The Hall–Kier alpha value is -2.22. The van der Waals surface area contributed by atoms with Gasteiger partial charge < -0.3 is 15.7 Å². The van der Waals surface area contributed by atoms with Crippen LogP contribution < -0.4 is 10.6 Å². The van der Waals surface area contributed by atoms with E-state index in [1.165, 1.54) is 0 Å². The highest BCUT2D eigenvalue weighted by atomic mass is 32.1. The first kappa shape index (κ1) is 18.6. The molecule has 1 aromatic heterocycles. The Morgan fingerprint density at radius 1 is 1.27 bits per heavy atom. The minimum atomic E-state index is -0.173. The highest BCUT2D eigenvalue weighted by Gasteiger charge is 2.23. The van der Waals surface area contributed by atoms with Crippen molar-refractivity contribution in [2.75, 3.05) is 25.0 Å². The van der Waals surface area contributed by atoms with Gasteiger partial charge in [-0.1, -0.05) is 6.07 Å². The van der Waals surface area contributed by atoms with E-state index in [2.05, 4.69) is 10.6 Å². The summed E-state index contributed by atoms with van der Waals surface area (Å²) < 4.78 is 0. The van der Waals surface area contributed by atoms with Gasteiger partial charge in [-0.05, 0) is 53.4 Å². The zero-order valence-corrected chi connectivity index (χ0v) is 15.3. The van der Waals surface area contributed by atoms with Gasteiger partial charge in [0, 0.05) is 30.4 Å². The van der Waals surface area contributed by atoms with Crippen LogP contribution in [0.2, 0.25) is 0 Å². The molecule has 1 aliphatic carbocycles. The highest BCUT2D eigenvalue weighted by molar-refractivity contribution is 7.07. The first-order valence-electron chi connectivity index (χ1n) is 8.69. The van der Waals surface area contributed by atoms with Gasteiger partial charge in [0.1, 0.15) is 0 Å². The van der Waals surface area contributed by atoms with Crippen molar-refractivity contribution >= 4 is 28.8 Å². The van der Waals surface area contributed by atoms with E-state index in [1.807, 2.05) is 21.7 Å². The minimum Gasteiger partial charge on any atom is -0.395 e. The fourth-order valence-corrected chi connectivity index (χ4v) is 3.29. The monoisotopic (exact) mass is 373 g/mol.